The van der Waals surface area contributed by atoms with Crippen LogP contribution in [0.2, 0.25) is 0 Å². The zero-order valence-corrected chi connectivity index (χ0v) is 55.7. The van der Waals surface area contributed by atoms with Gasteiger partial charge in [-0.25, -0.2) is 0 Å². The van der Waals surface area contributed by atoms with E-state index >= 15 is 0 Å². The highest BCUT2D eigenvalue weighted by molar-refractivity contribution is 6.01. The molecule has 86 heavy (non-hydrogen) atoms. The van der Waals surface area contributed by atoms with Gasteiger partial charge in [0.2, 0.25) is 76.8 Å². The molecule has 0 heterocycles. The monoisotopic (exact) mass is 1220 g/mol. The number of rotatable bonds is 36. The standard InChI is InChI=1S/C60H109N13O13/c1-30(2)24-39(47(77)63-36(13)45(75)62-37(14)46(76)70-57(16,17)53(61)83)67-54(84)59(20,21)72-51(81)43(28-34(9)10)65-49(79)41(26-32(5)6)69-56(86)60(22,23)73-52(82)44(29-35(11)12)66-48(78)40(25-31(3)4)68-55(85)58(18,19)71-50(80)42(27-33(7)8)64-38(15)74/h30-37,39-44H,24-29H2,1-23H3,(H2,61,83)(H,62,75)(H,63,77)(H,64,74)(H,65,79)(H,66,78)(H,67,84)(H,68,85)(H,69,86)(H,70,76)(H,71,80)(H,72,81)(H,73,82)/t36-,37-,39-,40-,41-,42-,43-,44-/m0/s1. The van der Waals surface area contributed by atoms with Gasteiger partial charge in [0, 0.05) is 6.92 Å². The molecule has 0 fully saturated rings. The number of nitrogens with two attached hydrogens (primary N) is 1. The highest BCUT2D eigenvalue weighted by Gasteiger charge is 2.41. The van der Waals surface area contributed by atoms with Gasteiger partial charge >= 0.3 is 0 Å². The Morgan fingerprint density at radius 3 is 0.733 bits per heavy atom. The Morgan fingerprint density at radius 2 is 0.488 bits per heavy atom. The number of primary amides is 1. The number of amides is 13. The molecule has 0 spiro atoms. The zero-order chi connectivity index (χ0) is 67.3. The van der Waals surface area contributed by atoms with Crippen molar-refractivity contribution in [2.75, 3.05) is 0 Å². The molecule has 0 unspecified atom stereocenters. The molecule has 0 aliphatic carbocycles. The fraction of sp³-hybridized carbons (Fsp3) is 0.783. The van der Waals surface area contributed by atoms with E-state index in [1.165, 1.54) is 76.2 Å². The van der Waals surface area contributed by atoms with Crippen LogP contribution >= 0.6 is 0 Å². The summed E-state index contributed by atoms with van der Waals surface area (Å²) in [6.07, 6.45) is 0.891. The third kappa shape index (κ3) is 28.5. The maximum atomic E-state index is 14.3. The van der Waals surface area contributed by atoms with Gasteiger partial charge in [0.1, 0.15) is 70.5 Å². The van der Waals surface area contributed by atoms with Crippen molar-refractivity contribution in [3.63, 3.8) is 0 Å². The molecule has 0 aromatic rings. The van der Waals surface area contributed by atoms with Crippen LogP contribution in [-0.2, 0) is 62.3 Å². The Bertz CT molecular complexity index is 2400. The SMILES string of the molecule is CC(=O)N[C@@H](CC(C)C)C(=O)NC(C)(C)C(=O)N[C@@H](CC(C)C)C(=O)N[C@@H](CC(C)C)C(=O)NC(C)(C)C(=O)N[C@@H](CC(C)C)C(=O)N[C@@H](CC(C)C)C(=O)NC(C)(C)C(=O)N[C@@H](CC(C)C)C(=O)N[C@@H](C)C(=O)N[C@@H](C)C(=O)NC(C)(C)C(N)=O. The molecule has 0 rings (SSSR count). The van der Waals surface area contributed by atoms with Crippen molar-refractivity contribution in [2.24, 2.45) is 41.2 Å². The first-order valence-corrected chi connectivity index (χ1v) is 30.0. The highest BCUT2D eigenvalue weighted by Crippen LogP contribution is 2.17. The average Bonchev–Trinajstić information content (AvgIpc) is 2.85. The molecule has 14 N–H and O–H groups in total. The van der Waals surface area contributed by atoms with Crippen molar-refractivity contribution in [1.29, 1.82) is 0 Å². The number of hydrogen-bond acceptors (Lipinski definition) is 13. The predicted molar refractivity (Wildman–Crippen MR) is 327 cm³/mol. The van der Waals surface area contributed by atoms with E-state index in [-0.39, 0.29) is 67.6 Å². The smallest absolute Gasteiger partial charge is 0.245 e. The Morgan fingerprint density at radius 1 is 0.279 bits per heavy atom. The van der Waals surface area contributed by atoms with Crippen LogP contribution in [0.3, 0.4) is 0 Å². The summed E-state index contributed by atoms with van der Waals surface area (Å²) < 4.78 is 0. The number of carbonyl (C=O) groups excluding carboxylic acids is 13. The minimum Gasteiger partial charge on any atom is -0.368 e. The van der Waals surface area contributed by atoms with Crippen molar-refractivity contribution in [2.45, 2.75) is 268 Å². The topological polar surface area (TPSA) is 392 Å². The van der Waals surface area contributed by atoms with E-state index in [9.17, 15) is 62.3 Å². The molecule has 0 aromatic heterocycles. The van der Waals surface area contributed by atoms with Gasteiger partial charge in [0.05, 0.1) is 0 Å². The lowest BCUT2D eigenvalue weighted by atomic mass is 9.96. The summed E-state index contributed by atoms with van der Waals surface area (Å²) in [5.74, 6) is -9.83. The summed E-state index contributed by atoms with van der Waals surface area (Å²) in [5, 5.41) is 31.9. The van der Waals surface area contributed by atoms with E-state index < -0.39 is 147 Å². The average molecular weight is 1220 g/mol. The van der Waals surface area contributed by atoms with E-state index in [0.717, 1.165) is 0 Å². The second kappa shape index (κ2) is 34.4. The summed E-state index contributed by atoms with van der Waals surface area (Å²) in [7, 11) is 0. The Balaban J connectivity index is 6.46. The molecular formula is C60H109N13O13. The second-order valence-electron chi connectivity index (χ2n) is 27.5. The summed E-state index contributed by atoms with van der Waals surface area (Å²) >= 11 is 0. The van der Waals surface area contributed by atoms with Gasteiger partial charge in [-0.2, -0.15) is 0 Å². The molecule has 26 nitrogen and oxygen atoms in total. The van der Waals surface area contributed by atoms with E-state index in [1.54, 1.807) is 0 Å². The van der Waals surface area contributed by atoms with Crippen LogP contribution in [0.4, 0.5) is 0 Å². The molecule has 0 saturated heterocycles. The molecule has 492 valence electrons. The van der Waals surface area contributed by atoms with Crippen LogP contribution in [0.25, 0.3) is 0 Å². The van der Waals surface area contributed by atoms with Gasteiger partial charge in [-0.1, -0.05) is 83.1 Å². The molecule has 0 aromatic carbocycles. The molecule has 0 aliphatic heterocycles. The fourth-order valence-corrected chi connectivity index (χ4v) is 8.64. The van der Waals surface area contributed by atoms with Crippen molar-refractivity contribution in [1.82, 2.24) is 63.8 Å². The summed E-state index contributed by atoms with van der Waals surface area (Å²) in [4.78, 5) is 175. The van der Waals surface area contributed by atoms with Gasteiger partial charge in [-0.3, -0.25) is 62.3 Å². The third-order valence-electron chi connectivity index (χ3n) is 13.6. The normalized spacial score (nSPS) is 14.9. The lowest BCUT2D eigenvalue weighted by molar-refractivity contribution is -0.139. The minimum atomic E-state index is -1.70. The molecule has 8 atom stereocenters. The van der Waals surface area contributed by atoms with Gasteiger partial charge in [-0.05, 0) is 143 Å². The quantitative estimate of drug-likeness (QED) is 0.0421. The number of carbonyl (C=O) groups is 13. The Hall–Kier alpha value is -6.89. The van der Waals surface area contributed by atoms with Gasteiger partial charge < -0.3 is 69.5 Å². The van der Waals surface area contributed by atoms with Crippen LogP contribution in [0.1, 0.15) is 198 Å². The number of nitrogens with one attached hydrogen (secondary N) is 12. The molecule has 0 aliphatic rings. The first-order chi connectivity index (χ1) is 39.0. The summed E-state index contributed by atoms with van der Waals surface area (Å²) in [6.45, 7) is 37.5. The molecule has 0 bridgehead atoms. The van der Waals surface area contributed by atoms with Gasteiger partial charge in [0.15, 0.2) is 0 Å². The lowest BCUT2D eigenvalue weighted by Gasteiger charge is -2.33. The number of hydrogen-bond donors (Lipinski definition) is 13. The maximum absolute atomic E-state index is 14.3. The molecule has 13 amide bonds. The molecule has 0 saturated carbocycles. The first kappa shape index (κ1) is 79.1. The van der Waals surface area contributed by atoms with Gasteiger partial charge in [0.25, 0.3) is 0 Å². The Labute approximate surface area is 510 Å². The fourth-order valence-electron chi connectivity index (χ4n) is 8.64. The lowest BCUT2D eigenvalue weighted by Crippen LogP contribution is -2.64. The second-order valence-corrected chi connectivity index (χ2v) is 27.5. The maximum Gasteiger partial charge on any atom is 0.245 e. The highest BCUT2D eigenvalue weighted by atomic mass is 16.2. The largest absolute Gasteiger partial charge is 0.368 e. The first-order valence-electron chi connectivity index (χ1n) is 30.0. The van der Waals surface area contributed by atoms with Crippen molar-refractivity contribution in [3.05, 3.63) is 0 Å². The third-order valence-corrected chi connectivity index (χ3v) is 13.6. The van der Waals surface area contributed by atoms with Crippen LogP contribution in [-0.4, -0.2) is 147 Å². The molecule has 0 radical (unpaired) electrons. The van der Waals surface area contributed by atoms with E-state index in [2.05, 4.69) is 63.8 Å². The van der Waals surface area contributed by atoms with Crippen LogP contribution in [0.15, 0.2) is 0 Å². The minimum absolute atomic E-state index is 0.0375. The van der Waals surface area contributed by atoms with Crippen molar-refractivity contribution < 1.29 is 62.3 Å². The predicted octanol–water partition coefficient (Wildman–Crippen LogP) is 1.27. The zero-order valence-electron chi connectivity index (χ0n) is 55.7. The summed E-state index contributed by atoms with van der Waals surface area (Å²) in [5.41, 5.74) is -0.989. The van der Waals surface area contributed by atoms with Crippen molar-refractivity contribution >= 4 is 76.8 Å². The van der Waals surface area contributed by atoms with E-state index in [1.807, 2.05) is 83.1 Å². The van der Waals surface area contributed by atoms with Crippen LogP contribution in [0.5, 0.6) is 0 Å². The molecule has 26 heteroatoms. The van der Waals surface area contributed by atoms with Crippen LogP contribution in [0, 0.1) is 35.5 Å². The van der Waals surface area contributed by atoms with Crippen molar-refractivity contribution in [3.8, 4) is 0 Å². The van der Waals surface area contributed by atoms with E-state index in [0.29, 0.717) is 6.42 Å². The summed E-state index contributed by atoms with van der Waals surface area (Å²) in [6, 6.07) is -9.26. The van der Waals surface area contributed by atoms with E-state index in [4.69, 9.17) is 5.73 Å². The van der Waals surface area contributed by atoms with Crippen LogP contribution < -0.4 is 69.5 Å². The molecular weight excluding hydrogens is 1110 g/mol. The Kier molecular flexibility index (Phi) is 31.7. The van der Waals surface area contributed by atoms with Gasteiger partial charge in [-0.15, -0.1) is 0 Å².